The Hall–Kier alpha value is -2.43. The van der Waals surface area contributed by atoms with Crippen LogP contribution in [-0.4, -0.2) is 25.7 Å². The first kappa shape index (κ1) is 9.77. The Morgan fingerprint density at radius 1 is 1.18 bits per heavy atom. The molecule has 3 rings (SSSR count). The van der Waals surface area contributed by atoms with Crippen molar-refractivity contribution in [2.45, 2.75) is 6.42 Å². The van der Waals surface area contributed by atoms with Crippen LogP contribution in [0.25, 0.3) is 16.6 Å². The molecule has 0 unspecified atom stereocenters. The summed E-state index contributed by atoms with van der Waals surface area (Å²) < 4.78 is 1.78. The minimum absolute atomic E-state index is 0.130. The summed E-state index contributed by atoms with van der Waals surface area (Å²) in [7, 11) is 0. The van der Waals surface area contributed by atoms with Crippen LogP contribution in [0.15, 0.2) is 36.4 Å². The van der Waals surface area contributed by atoms with Gasteiger partial charge < -0.3 is 5.11 Å². The topological polar surface area (TPSA) is 67.5 Å². The van der Waals surface area contributed by atoms with Gasteiger partial charge in [-0.3, -0.25) is 9.20 Å². The van der Waals surface area contributed by atoms with E-state index in [1.165, 1.54) is 0 Å². The fourth-order valence-corrected chi connectivity index (χ4v) is 1.95. The quantitative estimate of drug-likeness (QED) is 0.720. The predicted octanol–water partition coefficient (Wildman–Crippen LogP) is 1.51. The Morgan fingerprint density at radius 3 is 2.82 bits per heavy atom. The highest BCUT2D eigenvalue weighted by Crippen LogP contribution is 2.17. The number of carbonyl (C=O) groups is 1. The maximum atomic E-state index is 10.8. The van der Waals surface area contributed by atoms with Gasteiger partial charge in [-0.15, -0.1) is 10.2 Å². The zero-order valence-corrected chi connectivity index (χ0v) is 8.87. The summed E-state index contributed by atoms with van der Waals surface area (Å²) in [4.78, 5) is 10.8. The van der Waals surface area contributed by atoms with E-state index in [-0.39, 0.29) is 6.42 Å². The summed E-state index contributed by atoms with van der Waals surface area (Å²) in [6.45, 7) is 0. The van der Waals surface area contributed by atoms with Crippen molar-refractivity contribution in [3.8, 4) is 0 Å². The van der Waals surface area contributed by atoms with Crippen LogP contribution < -0.4 is 0 Å². The minimum Gasteiger partial charge on any atom is -0.481 e. The molecule has 5 heteroatoms. The molecule has 17 heavy (non-hydrogen) atoms. The van der Waals surface area contributed by atoms with Crippen molar-refractivity contribution in [1.29, 1.82) is 0 Å². The van der Waals surface area contributed by atoms with Gasteiger partial charge in [0, 0.05) is 0 Å². The number of carboxylic acids is 1. The second-order valence-electron chi connectivity index (χ2n) is 3.77. The van der Waals surface area contributed by atoms with Crippen molar-refractivity contribution < 1.29 is 9.90 Å². The standard InChI is InChI=1S/C12H9N3O2/c16-12(17)7-11-14-13-10-6-5-8-3-1-2-4-9(8)15(10)11/h1-6H,7H2,(H,16,17). The molecular weight excluding hydrogens is 218 g/mol. The molecule has 0 aliphatic rings. The number of hydrogen-bond donors (Lipinski definition) is 1. The van der Waals surface area contributed by atoms with E-state index in [1.807, 2.05) is 36.4 Å². The van der Waals surface area contributed by atoms with Gasteiger partial charge in [-0.1, -0.05) is 18.2 Å². The second kappa shape index (κ2) is 3.55. The molecular formula is C12H9N3O2. The minimum atomic E-state index is -0.910. The Kier molecular flexibility index (Phi) is 2.04. The Labute approximate surface area is 96.3 Å². The van der Waals surface area contributed by atoms with Gasteiger partial charge in [-0.05, 0) is 23.6 Å². The smallest absolute Gasteiger partial charge is 0.311 e. The van der Waals surface area contributed by atoms with E-state index in [0.717, 1.165) is 10.9 Å². The van der Waals surface area contributed by atoms with Gasteiger partial charge in [0.25, 0.3) is 0 Å². The van der Waals surface area contributed by atoms with Crippen LogP contribution in [0.5, 0.6) is 0 Å². The van der Waals surface area contributed by atoms with Crippen LogP contribution in [0, 0.1) is 0 Å². The van der Waals surface area contributed by atoms with Crippen LogP contribution in [0.2, 0.25) is 0 Å². The first-order chi connectivity index (χ1) is 8.25. The van der Waals surface area contributed by atoms with E-state index < -0.39 is 5.97 Å². The third kappa shape index (κ3) is 1.52. The van der Waals surface area contributed by atoms with Gasteiger partial charge in [-0.2, -0.15) is 0 Å². The van der Waals surface area contributed by atoms with Crippen molar-refractivity contribution >= 4 is 22.5 Å². The lowest BCUT2D eigenvalue weighted by atomic mass is 10.2. The number of rotatable bonds is 2. The van der Waals surface area contributed by atoms with E-state index in [1.54, 1.807) is 4.40 Å². The summed E-state index contributed by atoms with van der Waals surface area (Å²) >= 11 is 0. The van der Waals surface area contributed by atoms with Crippen molar-refractivity contribution in [3.63, 3.8) is 0 Å². The van der Waals surface area contributed by atoms with E-state index >= 15 is 0 Å². The zero-order chi connectivity index (χ0) is 11.8. The summed E-state index contributed by atoms with van der Waals surface area (Å²) in [5.41, 5.74) is 1.59. The highest BCUT2D eigenvalue weighted by molar-refractivity contribution is 5.82. The van der Waals surface area contributed by atoms with Crippen molar-refractivity contribution in [3.05, 3.63) is 42.2 Å². The lowest BCUT2D eigenvalue weighted by molar-refractivity contribution is -0.136. The SMILES string of the molecule is O=C(O)Cc1nnc2ccc3ccccc3n12. The van der Waals surface area contributed by atoms with E-state index in [4.69, 9.17) is 5.11 Å². The largest absolute Gasteiger partial charge is 0.481 e. The number of aromatic nitrogens is 3. The average molecular weight is 227 g/mol. The molecule has 0 saturated carbocycles. The number of aliphatic carboxylic acids is 1. The predicted molar refractivity (Wildman–Crippen MR) is 61.8 cm³/mol. The first-order valence-corrected chi connectivity index (χ1v) is 5.19. The molecule has 2 heterocycles. The summed E-state index contributed by atoms with van der Waals surface area (Å²) in [5.74, 6) is -0.462. The van der Waals surface area contributed by atoms with Crippen LogP contribution in [-0.2, 0) is 11.2 Å². The fraction of sp³-hybridized carbons (Fsp3) is 0.0833. The molecule has 1 aromatic carbocycles. The molecule has 1 N–H and O–H groups in total. The Bertz CT molecular complexity index is 718. The number of fused-ring (bicyclic) bond motifs is 3. The van der Waals surface area contributed by atoms with E-state index in [0.29, 0.717) is 11.5 Å². The first-order valence-electron chi connectivity index (χ1n) is 5.19. The van der Waals surface area contributed by atoms with E-state index in [9.17, 15) is 4.79 Å². The normalized spacial score (nSPS) is 11.1. The molecule has 0 aliphatic heterocycles. The third-order valence-electron chi connectivity index (χ3n) is 2.65. The molecule has 2 aromatic heterocycles. The summed E-state index contributed by atoms with van der Waals surface area (Å²) in [5, 5.41) is 17.8. The van der Waals surface area contributed by atoms with Gasteiger partial charge in [0.05, 0.1) is 5.52 Å². The maximum Gasteiger partial charge on any atom is 0.311 e. The lowest BCUT2D eigenvalue weighted by Crippen LogP contribution is -2.05. The number of pyridine rings is 1. The van der Waals surface area contributed by atoms with Crippen LogP contribution in [0.4, 0.5) is 0 Å². The molecule has 84 valence electrons. The molecule has 0 spiro atoms. The number of carboxylic acid groups (broad SMARTS) is 1. The highest BCUT2D eigenvalue weighted by Gasteiger charge is 2.11. The Balaban J connectivity index is 2.38. The molecule has 0 fully saturated rings. The van der Waals surface area contributed by atoms with Gasteiger partial charge in [0.1, 0.15) is 12.2 Å². The summed E-state index contributed by atoms with van der Waals surface area (Å²) in [6, 6.07) is 11.5. The van der Waals surface area contributed by atoms with Crippen LogP contribution in [0.3, 0.4) is 0 Å². The van der Waals surface area contributed by atoms with Crippen LogP contribution >= 0.6 is 0 Å². The van der Waals surface area contributed by atoms with Gasteiger partial charge >= 0.3 is 5.97 Å². The van der Waals surface area contributed by atoms with E-state index in [2.05, 4.69) is 10.2 Å². The number of benzene rings is 1. The second-order valence-corrected chi connectivity index (χ2v) is 3.77. The zero-order valence-electron chi connectivity index (χ0n) is 8.87. The number of para-hydroxylation sites is 1. The molecule has 0 saturated heterocycles. The van der Waals surface area contributed by atoms with Crippen molar-refractivity contribution in [2.75, 3.05) is 0 Å². The molecule has 0 radical (unpaired) electrons. The highest BCUT2D eigenvalue weighted by atomic mass is 16.4. The van der Waals surface area contributed by atoms with Gasteiger partial charge in [-0.25, -0.2) is 0 Å². The number of nitrogens with zero attached hydrogens (tertiary/aromatic N) is 3. The molecule has 0 amide bonds. The molecule has 5 nitrogen and oxygen atoms in total. The molecule has 3 aromatic rings. The number of hydrogen-bond acceptors (Lipinski definition) is 3. The lowest BCUT2D eigenvalue weighted by Gasteiger charge is -2.02. The molecule has 0 atom stereocenters. The molecule has 0 bridgehead atoms. The summed E-state index contributed by atoms with van der Waals surface area (Å²) in [6.07, 6.45) is -0.130. The van der Waals surface area contributed by atoms with Crippen molar-refractivity contribution in [1.82, 2.24) is 14.6 Å². The average Bonchev–Trinajstić information content (AvgIpc) is 2.72. The van der Waals surface area contributed by atoms with Crippen molar-refractivity contribution in [2.24, 2.45) is 0 Å². The monoisotopic (exact) mass is 227 g/mol. The van der Waals surface area contributed by atoms with Gasteiger partial charge in [0.2, 0.25) is 0 Å². The Morgan fingerprint density at radius 2 is 2.00 bits per heavy atom. The van der Waals surface area contributed by atoms with Crippen LogP contribution in [0.1, 0.15) is 5.82 Å². The third-order valence-corrected chi connectivity index (χ3v) is 2.65. The maximum absolute atomic E-state index is 10.8. The molecule has 0 aliphatic carbocycles. The fourth-order valence-electron chi connectivity index (χ4n) is 1.95. The van der Waals surface area contributed by atoms with Gasteiger partial charge in [0.15, 0.2) is 5.65 Å².